The molecule has 0 aliphatic rings. The van der Waals surface area contributed by atoms with Gasteiger partial charge < -0.3 is 0 Å². The van der Waals surface area contributed by atoms with E-state index in [0.717, 1.165) is 16.7 Å². The topological polar surface area (TPSA) is 37.1 Å². The Labute approximate surface area is 171 Å². The van der Waals surface area contributed by atoms with Gasteiger partial charge in [0.1, 0.15) is 11.1 Å². The second kappa shape index (κ2) is 7.65. The number of aromatic nitrogens is 2. The molecule has 0 spiro atoms. The van der Waals surface area contributed by atoms with Gasteiger partial charge in [0.15, 0.2) is 5.82 Å². The zero-order valence-electron chi connectivity index (χ0n) is 13.9. The number of halogens is 3. The summed E-state index contributed by atoms with van der Waals surface area (Å²) in [6.45, 7) is 0. The number of hydrogen-bond donors (Lipinski definition) is 0. The van der Waals surface area contributed by atoms with E-state index in [2.05, 4.69) is 9.97 Å². The smallest absolute Gasteiger partial charge is 0.166 e. The van der Waals surface area contributed by atoms with Crippen LogP contribution in [0, 0.1) is 0 Å². The molecule has 0 bridgehead atoms. The maximum atomic E-state index is 6.00. The number of hydrogen-bond acceptors (Lipinski definition) is 2. The molecular weight excluding hydrogens is 403 g/mol. The molecule has 0 aliphatic carbocycles. The standard InChI is InChI=1S/C21H12Cl3N2O/c22-16-7-1-13(2-8-16)19-25-20(14-3-9-17(23)10-4-14)27-21(26-19)15-5-11-18(24)12-6-15/h1-12H/q+1. The molecule has 3 aromatic carbocycles. The molecule has 0 atom stereocenters. The minimum Gasteiger partial charge on any atom is -0.166 e. The summed E-state index contributed by atoms with van der Waals surface area (Å²) in [7, 11) is 0. The minimum absolute atomic E-state index is 0.441. The fourth-order valence-corrected chi connectivity index (χ4v) is 2.89. The highest BCUT2D eigenvalue weighted by Gasteiger charge is 2.24. The lowest BCUT2D eigenvalue weighted by Crippen LogP contribution is -1.95. The van der Waals surface area contributed by atoms with Gasteiger partial charge in [0.2, 0.25) is 0 Å². The number of rotatable bonds is 3. The minimum atomic E-state index is 0.441. The number of nitrogens with zero attached hydrogens (tertiary/aromatic N) is 2. The predicted molar refractivity (Wildman–Crippen MR) is 110 cm³/mol. The monoisotopic (exact) mass is 413 g/mol. The van der Waals surface area contributed by atoms with E-state index in [4.69, 9.17) is 39.2 Å². The van der Waals surface area contributed by atoms with Gasteiger partial charge in [-0.2, -0.15) is 4.42 Å². The van der Waals surface area contributed by atoms with Crippen LogP contribution in [0.25, 0.3) is 34.3 Å². The van der Waals surface area contributed by atoms with E-state index < -0.39 is 0 Å². The van der Waals surface area contributed by atoms with E-state index in [0.29, 0.717) is 32.7 Å². The molecule has 0 amide bonds. The third-order valence-electron chi connectivity index (χ3n) is 3.89. The lowest BCUT2D eigenvalue weighted by molar-refractivity contribution is 0.540. The normalized spacial score (nSPS) is 10.8. The molecule has 0 unspecified atom stereocenters. The quantitative estimate of drug-likeness (QED) is 0.330. The van der Waals surface area contributed by atoms with Crippen LogP contribution < -0.4 is 0 Å². The third-order valence-corrected chi connectivity index (χ3v) is 4.65. The van der Waals surface area contributed by atoms with Gasteiger partial charge in [-0.25, -0.2) is 0 Å². The van der Waals surface area contributed by atoms with Gasteiger partial charge in [-0.1, -0.05) is 34.8 Å². The van der Waals surface area contributed by atoms with Crippen LogP contribution in [-0.4, -0.2) is 9.97 Å². The van der Waals surface area contributed by atoms with Crippen molar-refractivity contribution < 1.29 is 4.42 Å². The van der Waals surface area contributed by atoms with Crippen molar-refractivity contribution in [2.75, 3.05) is 0 Å². The average molecular weight is 415 g/mol. The Balaban J connectivity index is 1.89. The second-order valence-electron chi connectivity index (χ2n) is 5.78. The Morgan fingerprint density at radius 3 is 1.19 bits per heavy atom. The van der Waals surface area contributed by atoms with E-state index in [9.17, 15) is 0 Å². The van der Waals surface area contributed by atoms with Gasteiger partial charge >= 0.3 is 11.8 Å². The fourth-order valence-electron chi connectivity index (χ4n) is 2.51. The summed E-state index contributed by atoms with van der Waals surface area (Å²) in [4.78, 5) is 9.17. The summed E-state index contributed by atoms with van der Waals surface area (Å²) < 4.78 is 5.98. The first-order chi connectivity index (χ1) is 13.1. The van der Waals surface area contributed by atoms with E-state index in [1.54, 1.807) is 36.4 Å². The maximum absolute atomic E-state index is 6.00. The summed E-state index contributed by atoms with van der Waals surface area (Å²) in [5, 5.41) is 1.93. The second-order valence-corrected chi connectivity index (χ2v) is 7.09. The van der Waals surface area contributed by atoms with Crippen LogP contribution >= 0.6 is 34.8 Å². The van der Waals surface area contributed by atoms with Gasteiger partial charge in [0, 0.05) is 20.6 Å². The first-order valence-corrected chi connectivity index (χ1v) is 9.22. The predicted octanol–water partition coefficient (Wildman–Crippen LogP) is 7.31. The Morgan fingerprint density at radius 1 is 0.481 bits per heavy atom. The van der Waals surface area contributed by atoms with Crippen molar-refractivity contribution in [3.63, 3.8) is 0 Å². The zero-order chi connectivity index (χ0) is 18.8. The Morgan fingerprint density at radius 2 is 0.815 bits per heavy atom. The maximum Gasteiger partial charge on any atom is 0.464 e. The molecule has 0 aliphatic heterocycles. The highest BCUT2D eigenvalue weighted by atomic mass is 35.5. The van der Waals surface area contributed by atoms with Crippen LogP contribution in [0.4, 0.5) is 0 Å². The van der Waals surface area contributed by atoms with E-state index in [1.165, 1.54) is 0 Å². The summed E-state index contributed by atoms with van der Waals surface area (Å²) in [5.74, 6) is 1.42. The summed E-state index contributed by atoms with van der Waals surface area (Å²) >= 11 is 18.0. The van der Waals surface area contributed by atoms with Gasteiger partial charge in [-0.05, 0) is 72.8 Å². The van der Waals surface area contributed by atoms with Crippen molar-refractivity contribution in [1.29, 1.82) is 0 Å². The molecule has 0 saturated heterocycles. The largest absolute Gasteiger partial charge is 0.464 e. The summed E-state index contributed by atoms with van der Waals surface area (Å²) in [6, 6.07) is 21.9. The van der Waals surface area contributed by atoms with Gasteiger partial charge in [-0.15, -0.1) is 9.97 Å². The highest BCUT2D eigenvalue weighted by molar-refractivity contribution is 6.31. The van der Waals surface area contributed by atoms with Crippen LogP contribution in [-0.2, 0) is 0 Å². The lowest BCUT2D eigenvalue weighted by atomic mass is 10.2. The van der Waals surface area contributed by atoms with Crippen LogP contribution in [0.2, 0.25) is 15.1 Å². The molecule has 4 aromatic rings. The van der Waals surface area contributed by atoms with Crippen molar-refractivity contribution in [3.8, 4) is 34.3 Å². The molecule has 3 nitrogen and oxygen atoms in total. The van der Waals surface area contributed by atoms with Gasteiger partial charge in [-0.3, -0.25) is 0 Å². The zero-order valence-corrected chi connectivity index (χ0v) is 16.1. The fraction of sp³-hybridized carbons (Fsp3) is 0. The Hall–Kier alpha value is -2.46. The van der Waals surface area contributed by atoms with Crippen molar-refractivity contribution in [1.82, 2.24) is 9.97 Å². The average Bonchev–Trinajstić information content (AvgIpc) is 2.69. The molecule has 0 radical (unpaired) electrons. The van der Waals surface area contributed by atoms with Crippen LogP contribution in [0.5, 0.6) is 0 Å². The first-order valence-electron chi connectivity index (χ1n) is 8.08. The first kappa shape index (κ1) is 17.9. The molecule has 1 aromatic heterocycles. The van der Waals surface area contributed by atoms with Crippen molar-refractivity contribution in [2.45, 2.75) is 0 Å². The van der Waals surface area contributed by atoms with Crippen molar-refractivity contribution in [2.24, 2.45) is 0 Å². The molecule has 0 saturated carbocycles. The van der Waals surface area contributed by atoms with Crippen LogP contribution in [0.15, 0.2) is 77.2 Å². The van der Waals surface area contributed by atoms with Crippen molar-refractivity contribution >= 4 is 34.8 Å². The number of benzene rings is 3. The third kappa shape index (κ3) is 4.11. The van der Waals surface area contributed by atoms with Crippen molar-refractivity contribution in [3.05, 3.63) is 87.9 Å². The SMILES string of the molecule is Clc1ccc(-c2nc(-c3ccc(Cl)cc3)[o+]c(-c3ccc(Cl)cc3)n2)cc1. The molecule has 6 heteroatoms. The molecule has 132 valence electrons. The Bertz CT molecular complexity index is 926. The highest BCUT2D eigenvalue weighted by Crippen LogP contribution is 2.29. The van der Waals surface area contributed by atoms with E-state index in [1.807, 2.05) is 36.4 Å². The molecular formula is C21H12Cl3N2O+. The van der Waals surface area contributed by atoms with E-state index >= 15 is 0 Å². The lowest BCUT2D eigenvalue weighted by Gasteiger charge is -2.01. The molecule has 27 heavy (non-hydrogen) atoms. The molecule has 4 rings (SSSR count). The van der Waals surface area contributed by atoms with Crippen LogP contribution in [0.1, 0.15) is 0 Å². The summed E-state index contributed by atoms with van der Waals surface area (Å²) in [6.07, 6.45) is 0. The summed E-state index contributed by atoms with van der Waals surface area (Å²) in [5.41, 5.74) is 2.43. The molecule has 1 heterocycles. The molecule has 0 N–H and O–H groups in total. The van der Waals surface area contributed by atoms with Gasteiger partial charge in [0.25, 0.3) is 0 Å². The van der Waals surface area contributed by atoms with E-state index in [-0.39, 0.29) is 0 Å². The molecule has 0 fully saturated rings. The Kier molecular flexibility index (Phi) is 5.08. The van der Waals surface area contributed by atoms with Gasteiger partial charge in [0.05, 0.1) is 0 Å². The van der Waals surface area contributed by atoms with Crippen LogP contribution in [0.3, 0.4) is 0 Å².